The van der Waals surface area contributed by atoms with Gasteiger partial charge in [0.2, 0.25) is 5.91 Å². The van der Waals surface area contributed by atoms with Gasteiger partial charge in [-0.15, -0.1) is 0 Å². The van der Waals surface area contributed by atoms with E-state index in [4.69, 9.17) is 4.74 Å². The number of benzene rings is 1. The number of aromatic nitrogens is 1. The van der Waals surface area contributed by atoms with E-state index in [0.29, 0.717) is 43.0 Å². The molecule has 2 heterocycles. The maximum absolute atomic E-state index is 12.1. The number of nitrogens with zero attached hydrogens (tertiary/aromatic N) is 1. The fraction of sp³-hybridized carbons (Fsp3) is 0.190. The second-order valence-corrected chi connectivity index (χ2v) is 6.84. The van der Waals surface area contributed by atoms with Crippen LogP contribution in [-0.4, -0.2) is 23.3 Å². The lowest BCUT2D eigenvalue weighted by Gasteiger charge is -2.09. The molecule has 0 radical (unpaired) electrons. The van der Waals surface area contributed by atoms with E-state index in [-0.39, 0.29) is 11.8 Å². The van der Waals surface area contributed by atoms with Crippen molar-refractivity contribution in [2.75, 3.05) is 11.9 Å². The number of hydrogen-bond donors (Lipinski definition) is 2. The Bertz CT molecular complexity index is 898. The van der Waals surface area contributed by atoms with Crippen LogP contribution in [0.2, 0.25) is 0 Å². The monoisotopic (exact) mass is 395 g/mol. The largest absolute Gasteiger partial charge is 0.487 e. The van der Waals surface area contributed by atoms with Crippen molar-refractivity contribution in [3.8, 4) is 5.75 Å². The van der Waals surface area contributed by atoms with Crippen molar-refractivity contribution in [3.05, 3.63) is 76.7 Å². The smallest absolute Gasteiger partial charge is 0.252 e. The molecule has 0 aliphatic rings. The maximum atomic E-state index is 12.1. The molecule has 0 atom stereocenters. The number of hydrogen-bond acceptors (Lipinski definition) is 5. The van der Waals surface area contributed by atoms with Gasteiger partial charge < -0.3 is 15.4 Å². The maximum Gasteiger partial charge on any atom is 0.252 e. The van der Waals surface area contributed by atoms with Crippen molar-refractivity contribution in [1.82, 2.24) is 10.3 Å². The number of rotatable bonds is 9. The second-order valence-electron chi connectivity index (χ2n) is 6.06. The number of nitrogens with one attached hydrogen (secondary N) is 2. The highest BCUT2D eigenvalue weighted by Gasteiger charge is 2.07. The zero-order valence-corrected chi connectivity index (χ0v) is 16.1. The summed E-state index contributed by atoms with van der Waals surface area (Å²) in [5, 5.41) is 9.31. The Hall–Kier alpha value is -3.19. The Labute approximate surface area is 167 Å². The van der Waals surface area contributed by atoms with Crippen LogP contribution in [0.15, 0.2) is 65.5 Å². The van der Waals surface area contributed by atoms with Gasteiger partial charge in [-0.1, -0.05) is 12.1 Å². The first-order valence-electron chi connectivity index (χ1n) is 8.94. The van der Waals surface area contributed by atoms with E-state index >= 15 is 0 Å². The summed E-state index contributed by atoms with van der Waals surface area (Å²) in [6, 6.07) is 14.7. The Morgan fingerprint density at radius 1 is 1.11 bits per heavy atom. The summed E-state index contributed by atoms with van der Waals surface area (Å²) in [5.41, 5.74) is 2.16. The van der Waals surface area contributed by atoms with Gasteiger partial charge in [-0.3, -0.25) is 14.6 Å². The van der Waals surface area contributed by atoms with E-state index in [0.717, 1.165) is 5.69 Å². The second kappa shape index (κ2) is 10.2. The van der Waals surface area contributed by atoms with Crippen molar-refractivity contribution in [3.63, 3.8) is 0 Å². The number of anilines is 1. The Morgan fingerprint density at radius 3 is 2.82 bits per heavy atom. The lowest BCUT2D eigenvalue weighted by atomic mass is 10.2. The van der Waals surface area contributed by atoms with E-state index in [1.54, 1.807) is 23.7 Å². The summed E-state index contributed by atoms with van der Waals surface area (Å²) in [6.45, 7) is 0.817. The van der Waals surface area contributed by atoms with Crippen LogP contribution in [0.1, 0.15) is 28.9 Å². The third-order valence-corrected chi connectivity index (χ3v) is 4.56. The van der Waals surface area contributed by atoms with Crippen molar-refractivity contribution in [1.29, 1.82) is 0 Å². The molecular formula is C21H21N3O3S. The molecule has 2 amide bonds. The number of carbonyl (C=O) groups is 2. The van der Waals surface area contributed by atoms with E-state index in [9.17, 15) is 9.59 Å². The van der Waals surface area contributed by atoms with Gasteiger partial charge in [-0.25, -0.2) is 0 Å². The highest BCUT2D eigenvalue weighted by Crippen LogP contribution is 2.18. The van der Waals surface area contributed by atoms with Crippen LogP contribution in [0.4, 0.5) is 5.69 Å². The van der Waals surface area contributed by atoms with Crippen molar-refractivity contribution >= 4 is 28.8 Å². The van der Waals surface area contributed by atoms with Crippen LogP contribution >= 0.6 is 11.3 Å². The van der Waals surface area contributed by atoms with Crippen LogP contribution in [0.5, 0.6) is 5.75 Å². The minimum Gasteiger partial charge on any atom is -0.487 e. The number of pyridine rings is 1. The van der Waals surface area contributed by atoms with Crippen molar-refractivity contribution in [2.24, 2.45) is 0 Å². The summed E-state index contributed by atoms with van der Waals surface area (Å²) < 4.78 is 5.71. The predicted molar refractivity (Wildman–Crippen MR) is 110 cm³/mol. The molecule has 0 aliphatic heterocycles. The normalized spacial score (nSPS) is 10.3. The molecule has 144 valence electrons. The van der Waals surface area contributed by atoms with Crippen LogP contribution in [-0.2, 0) is 11.4 Å². The van der Waals surface area contributed by atoms with Gasteiger partial charge in [0.15, 0.2) is 0 Å². The van der Waals surface area contributed by atoms with Crippen LogP contribution in [0.3, 0.4) is 0 Å². The first-order chi connectivity index (χ1) is 13.7. The molecule has 3 rings (SSSR count). The topological polar surface area (TPSA) is 80.3 Å². The van der Waals surface area contributed by atoms with Gasteiger partial charge in [0.1, 0.15) is 12.4 Å². The summed E-state index contributed by atoms with van der Waals surface area (Å²) in [6.07, 6.45) is 2.61. The van der Waals surface area contributed by atoms with Crippen LogP contribution in [0.25, 0.3) is 0 Å². The lowest BCUT2D eigenvalue weighted by Crippen LogP contribution is -2.25. The van der Waals surface area contributed by atoms with Gasteiger partial charge in [0.05, 0.1) is 5.69 Å². The Balaban J connectivity index is 1.39. The van der Waals surface area contributed by atoms with E-state index in [1.807, 2.05) is 41.8 Å². The Morgan fingerprint density at radius 2 is 2.04 bits per heavy atom. The van der Waals surface area contributed by atoms with Gasteiger partial charge in [0.25, 0.3) is 5.91 Å². The highest BCUT2D eigenvalue weighted by atomic mass is 32.1. The molecule has 0 saturated carbocycles. The standard InChI is InChI=1S/C21H21N3O3S/c25-20(8-4-11-23-21(26)16-9-12-28-15-16)24-17-6-3-7-19(13-17)27-14-18-5-1-2-10-22-18/h1-3,5-7,9-10,12-13,15H,4,8,11,14H2,(H,23,26)(H,24,25). The third kappa shape index (κ3) is 6.21. The minimum atomic E-state index is -0.112. The zero-order valence-electron chi connectivity index (χ0n) is 15.3. The average molecular weight is 395 g/mol. The highest BCUT2D eigenvalue weighted by molar-refractivity contribution is 7.08. The van der Waals surface area contributed by atoms with E-state index in [1.165, 1.54) is 11.3 Å². The average Bonchev–Trinajstić information content (AvgIpc) is 3.26. The van der Waals surface area contributed by atoms with Crippen molar-refractivity contribution in [2.45, 2.75) is 19.4 Å². The molecule has 1 aromatic carbocycles. The summed E-state index contributed by atoms with van der Waals surface area (Å²) in [5.74, 6) is 0.442. The molecule has 28 heavy (non-hydrogen) atoms. The molecule has 0 spiro atoms. The molecule has 0 fully saturated rings. The van der Waals surface area contributed by atoms with Gasteiger partial charge in [0, 0.05) is 41.9 Å². The van der Waals surface area contributed by atoms with Crippen LogP contribution < -0.4 is 15.4 Å². The molecule has 6 nitrogen and oxygen atoms in total. The van der Waals surface area contributed by atoms with Crippen LogP contribution in [0, 0.1) is 0 Å². The molecule has 3 aromatic rings. The van der Waals surface area contributed by atoms with Gasteiger partial charge in [-0.05, 0) is 42.1 Å². The molecule has 2 N–H and O–H groups in total. The Kier molecular flexibility index (Phi) is 7.14. The molecule has 7 heteroatoms. The van der Waals surface area contributed by atoms with E-state index in [2.05, 4.69) is 15.6 Å². The fourth-order valence-corrected chi connectivity index (χ4v) is 3.11. The summed E-state index contributed by atoms with van der Waals surface area (Å²) >= 11 is 1.48. The molecule has 0 unspecified atom stereocenters. The molecule has 0 bridgehead atoms. The molecule has 2 aromatic heterocycles. The third-order valence-electron chi connectivity index (χ3n) is 3.88. The molecule has 0 saturated heterocycles. The predicted octanol–water partition coefficient (Wildman–Crippen LogP) is 3.87. The summed E-state index contributed by atoms with van der Waals surface area (Å²) in [4.78, 5) is 28.1. The van der Waals surface area contributed by atoms with Gasteiger partial charge in [-0.2, -0.15) is 11.3 Å². The fourth-order valence-electron chi connectivity index (χ4n) is 2.47. The number of ether oxygens (including phenoxy) is 1. The quantitative estimate of drug-likeness (QED) is 0.539. The first kappa shape index (κ1) is 19.6. The van der Waals surface area contributed by atoms with Gasteiger partial charge >= 0.3 is 0 Å². The number of thiophene rings is 1. The molecular weight excluding hydrogens is 374 g/mol. The first-order valence-corrected chi connectivity index (χ1v) is 9.88. The van der Waals surface area contributed by atoms with Crippen molar-refractivity contribution < 1.29 is 14.3 Å². The minimum absolute atomic E-state index is 0.105. The lowest BCUT2D eigenvalue weighted by molar-refractivity contribution is -0.116. The summed E-state index contributed by atoms with van der Waals surface area (Å²) in [7, 11) is 0. The SMILES string of the molecule is O=C(CCCNC(=O)c1ccsc1)Nc1cccc(OCc2ccccn2)c1. The number of carbonyl (C=O) groups excluding carboxylic acids is 2. The number of amides is 2. The zero-order chi connectivity index (χ0) is 19.6. The van der Waals surface area contributed by atoms with E-state index < -0.39 is 0 Å². The molecule has 0 aliphatic carbocycles.